The van der Waals surface area contributed by atoms with Crippen LogP contribution in [0.15, 0.2) is 18.2 Å². The molecule has 3 N–H and O–H groups in total. The van der Waals surface area contributed by atoms with E-state index in [2.05, 4.69) is 12.2 Å². The highest BCUT2D eigenvalue weighted by molar-refractivity contribution is 6.36. The second-order valence-electron chi connectivity index (χ2n) is 5.20. The van der Waals surface area contributed by atoms with Crippen LogP contribution >= 0.6 is 23.2 Å². The summed E-state index contributed by atoms with van der Waals surface area (Å²) in [7, 11) is 0. The first-order valence-electron chi connectivity index (χ1n) is 7.00. The molecule has 0 aromatic heterocycles. The summed E-state index contributed by atoms with van der Waals surface area (Å²) in [6.07, 6.45) is 0. The molecule has 0 saturated carbocycles. The lowest BCUT2D eigenvalue weighted by molar-refractivity contribution is -1.01. The highest BCUT2D eigenvalue weighted by atomic mass is 35.5. The van der Waals surface area contributed by atoms with Gasteiger partial charge in [-0.05, 0) is 25.1 Å². The van der Waals surface area contributed by atoms with Crippen molar-refractivity contribution in [2.24, 2.45) is 0 Å². The van der Waals surface area contributed by atoms with Crippen LogP contribution < -0.4 is 15.1 Å². The fourth-order valence-corrected chi connectivity index (χ4v) is 2.96. The fraction of sp³-hybridized carbons (Fsp3) is 0.500. The molecule has 1 saturated heterocycles. The number of hydrogen-bond acceptors (Lipinski definition) is 1. The SMILES string of the molecule is CC[NH+]1CC[NH+](CC(=O)Nc2ccc(Cl)cc2Cl)CC1. The highest BCUT2D eigenvalue weighted by Crippen LogP contribution is 2.24. The Labute approximate surface area is 129 Å². The standard InChI is InChI=1S/C14H19Cl2N3O/c1-2-18-5-7-19(8-6-18)10-14(20)17-13-4-3-11(15)9-12(13)16/h3-4,9H,2,5-8,10H2,1H3,(H,17,20)/p+2. The molecule has 20 heavy (non-hydrogen) atoms. The van der Waals surface area contributed by atoms with Gasteiger partial charge in [0.2, 0.25) is 0 Å². The van der Waals surface area contributed by atoms with Gasteiger partial charge in [-0.1, -0.05) is 23.2 Å². The van der Waals surface area contributed by atoms with Crippen molar-refractivity contribution in [2.45, 2.75) is 6.92 Å². The Bertz CT molecular complexity index is 473. The Hall–Kier alpha value is -0.810. The number of piperazine rings is 1. The normalized spacial score (nSPS) is 22.6. The van der Waals surface area contributed by atoms with E-state index in [1.165, 1.54) is 11.4 Å². The lowest BCUT2D eigenvalue weighted by atomic mass is 10.3. The molecule has 1 aliphatic rings. The lowest BCUT2D eigenvalue weighted by Crippen LogP contribution is -3.28. The van der Waals surface area contributed by atoms with E-state index in [-0.39, 0.29) is 5.91 Å². The van der Waals surface area contributed by atoms with Gasteiger partial charge in [0, 0.05) is 5.02 Å². The van der Waals surface area contributed by atoms with Crippen molar-refractivity contribution in [1.29, 1.82) is 0 Å². The van der Waals surface area contributed by atoms with Crippen molar-refractivity contribution in [3.05, 3.63) is 28.2 Å². The first-order chi connectivity index (χ1) is 9.58. The van der Waals surface area contributed by atoms with E-state index in [0.717, 1.165) is 26.2 Å². The third-order valence-electron chi connectivity index (χ3n) is 3.78. The molecule has 0 spiro atoms. The molecule has 1 heterocycles. The third-order valence-corrected chi connectivity index (χ3v) is 4.33. The molecule has 110 valence electrons. The number of hydrogen-bond donors (Lipinski definition) is 3. The maximum atomic E-state index is 12.0. The lowest BCUT2D eigenvalue weighted by Gasteiger charge is -2.28. The minimum atomic E-state index is 0.00386. The largest absolute Gasteiger partial charge is 0.326 e. The predicted molar refractivity (Wildman–Crippen MR) is 81.9 cm³/mol. The van der Waals surface area contributed by atoms with Gasteiger partial charge in [-0.3, -0.25) is 4.79 Å². The first-order valence-corrected chi connectivity index (χ1v) is 7.76. The molecule has 4 nitrogen and oxygen atoms in total. The van der Waals surface area contributed by atoms with Crippen molar-refractivity contribution < 1.29 is 14.6 Å². The van der Waals surface area contributed by atoms with Gasteiger partial charge in [0.15, 0.2) is 6.54 Å². The number of anilines is 1. The summed E-state index contributed by atoms with van der Waals surface area (Å²) in [5, 5.41) is 3.89. The monoisotopic (exact) mass is 317 g/mol. The third kappa shape index (κ3) is 4.35. The first kappa shape index (κ1) is 15.6. The predicted octanol–water partition coefficient (Wildman–Crippen LogP) is -0.265. The topological polar surface area (TPSA) is 38.0 Å². The average Bonchev–Trinajstić information content (AvgIpc) is 2.43. The maximum absolute atomic E-state index is 12.0. The zero-order chi connectivity index (χ0) is 14.5. The van der Waals surface area contributed by atoms with Gasteiger partial charge in [-0.25, -0.2) is 0 Å². The van der Waals surface area contributed by atoms with Crippen LogP contribution in [0.1, 0.15) is 6.92 Å². The molecular weight excluding hydrogens is 297 g/mol. The van der Waals surface area contributed by atoms with Gasteiger partial charge in [-0.2, -0.15) is 0 Å². The highest BCUT2D eigenvalue weighted by Gasteiger charge is 2.23. The summed E-state index contributed by atoms with van der Waals surface area (Å²) in [5.41, 5.74) is 0.623. The minimum Gasteiger partial charge on any atom is -0.326 e. The summed E-state index contributed by atoms with van der Waals surface area (Å²) in [4.78, 5) is 15.0. The number of halogens is 2. The zero-order valence-electron chi connectivity index (χ0n) is 11.6. The van der Waals surface area contributed by atoms with Gasteiger partial charge in [0.05, 0.1) is 17.3 Å². The molecule has 0 radical (unpaired) electrons. The molecule has 0 unspecified atom stereocenters. The maximum Gasteiger partial charge on any atom is 0.279 e. The van der Waals surface area contributed by atoms with Crippen LogP contribution in [0.25, 0.3) is 0 Å². The molecule has 0 aliphatic carbocycles. The van der Waals surface area contributed by atoms with Crippen LogP contribution in [0, 0.1) is 0 Å². The summed E-state index contributed by atoms with van der Waals surface area (Å²) in [6, 6.07) is 5.09. The summed E-state index contributed by atoms with van der Waals surface area (Å²) in [6.45, 7) is 8.24. The minimum absolute atomic E-state index is 0.00386. The zero-order valence-corrected chi connectivity index (χ0v) is 13.2. The van der Waals surface area contributed by atoms with E-state index < -0.39 is 0 Å². The second-order valence-corrected chi connectivity index (χ2v) is 6.05. The van der Waals surface area contributed by atoms with Crippen molar-refractivity contribution in [3.8, 4) is 0 Å². The van der Waals surface area contributed by atoms with Crippen molar-refractivity contribution in [3.63, 3.8) is 0 Å². The molecule has 1 amide bonds. The Balaban J connectivity index is 1.84. The van der Waals surface area contributed by atoms with Gasteiger partial charge in [0.25, 0.3) is 5.91 Å². The van der Waals surface area contributed by atoms with Crippen LogP contribution in [0.4, 0.5) is 5.69 Å². The Morgan fingerprint density at radius 3 is 2.45 bits per heavy atom. The smallest absolute Gasteiger partial charge is 0.279 e. The fourth-order valence-electron chi connectivity index (χ4n) is 2.50. The number of benzene rings is 1. The number of carbonyl (C=O) groups excluding carboxylic acids is 1. The Morgan fingerprint density at radius 1 is 1.20 bits per heavy atom. The van der Waals surface area contributed by atoms with E-state index in [9.17, 15) is 4.79 Å². The van der Waals surface area contributed by atoms with Crippen LogP contribution in [-0.4, -0.2) is 45.2 Å². The molecule has 1 aromatic rings. The van der Waals surface area contributed by atoms with Crippen LogP contribution in [0.5, 0.6) is 0 Å². The number of likely N-dealkylation sites (N-methyl/N-ethyl adjacent to an activating group) is 1. The second kappa shape index (κ2) is 7.27. The number of carbonyl (C=O) groups is 1. The Morgan fingerprint density at radius 2 is 1.85 bits per heavy atom. The number of quaternary nitrogens is 2. The van der Waals surface area contributed by atoms with Gasteiger partial charge in [0.1, 0.15) is 26.2 Å². The molecule has 1 aromatic carbocycles. The molecule has 1 fully saturated rings. The van der Waals surface area contributed by atoms with Gasteiger partial charge in [-0.15, -0.1) is 0 Å². The molecule has 2 rings (SSSR count). The van der Waals surface area contributed by atoms with Crippen LogP contribution in [0.2, 0.25) is 10.0 Å². The molecule has 0 bridgehead atoms. The summed E-state index contributed by atoms with van der Waals surface area (Å²) >= 11 is 11.9. The van der Waals surface area contributed by atoms with Crippen LogP contribution in [0.3, 0.4) is 0 Å². The van der Waals surface area contributed by atoms with E-state index in [1.807, 2.05) is 0 Å². The summed E-state index contributed by atoms with van der Waals surface area (Å²) < 4.78 is 0. The Kier molecular flexibility index (Phi) is 5.66. The average molecular weight is 318 g/mol. The van der Waals surface area contributed by atoms with Crippen molar-refractivity contribution >= 4 is 34.8 Å². The van der Waals surface area contributed by atoms with E-state index in [4.69, 9.17) is 23.2 Å². The molecule has 0 atom stereocenters. The number of nitrogens with one attached hydrogen (secondary N) is 3. The van der Waals surface area contributed by atoms with Gasteiger partial charge >= 0.3 is 0 Å². The van der Waals surface area contributed by atoms with Crippen LogP contribution in [-0.2, 0) is 4.79 Å². The van der Waals surface area contributed by atoms with E-state index in [0.29, 0.717) is 22.3 Å². The number of rotatable bonds is 4. The van der Waals surface area contributed by atoms with Crippen molar-refractivity contribution in [2.75, 3.05) is 44.6 Å². The van der Waals surface area contributed by atoms with E-state index >= 15 is 0 Å². The molecule has 1 aliphatic heterocycles. The molecule has 6 heteroatoms. The van der Waals surface area contributed by atoms with Crippen molar-refractivity contribution in [1.82, 2.24) is 0 Å². The summed E-state index contributed by atoms with van der Waals surface area (Å²) in [5.74, 6) is 0.00386. The van der Waals surface area contributed by atoms with Gasteiger partial charge < -0.3 is 15.1 Å². The van der Waals surface area contributed by atoms with E-state index in [1.54, 1.807) is 23.1 Å². The molecular formula is C14H21Cl2N3O+2. The number of amides is 1. The quantitative estimate of drug-likeness (QED) is 0.703.